The van der Waals surface area contributed by atoms with Crippen molar-refractivity contribution in [1.82, 2.24) is 4.98 Å². The molecule has 0 fully saturated rings. The first-order chi connectivity index (χ1) is 12.6. The molecule has 0 saturated carbocycles. The highest BCUT2D eigenvalue weighted by Crippen LogP contribution is 2.22. The number of anilines is 2. The van der Waals surface area contributed by atoms with Crippen molar-refractivity contribution in [3.63, 3.8) is 0 Å². The predicted octanol–water partition coefficient (Wildman–Crippen LogP) is 3.92. The summed E-state index contributed by atoms with van der Waals surface area (Å²) < 4.78 is 0. The van der Waals surface area contributed by atoms with Gasteiger partial charge in [0.25, 0.3) is 0 Å². The third-order valence-corrected chi connectivity index (χ3v) is 4.26. The summed E-state index contributed by atoms with van der Waals surface area (Å²) in [7, 11) is 0. The highest BCUT2D eigenvalue weighted by atomic mass is 16.2. The fraction of sp³-hybridized carbons (Fsp3) is 0.190. The average molecular weight is 347 g/mol. The van der Waals surface area contributed by atoms with E-state index in [0.29, 0.717) is 12.2 Å². The van der Waals surface area contributed by atoms with Crippen molar-refractivity contribution in [3.05, 3.63) is 66.4 Å². The minimum atomic E-state index is -0.150. The molecule has 3 rings (SSSR count). The molecule has 1 N–H and O–H groups in total. The van der Waals surface area contributed by atoms with Crippen LogP contribution in [0.3, 0.4) is 0 Å². The molecule has 0 bridgehead atoms. The number of amides is 2. The molecular weight excluding hydrogens is 326 g/mol. The Morgan fingerprint density at radius 1 is 1.04 bits per heavy atom. The number of pyridine rings is 1. The van der Waals surface area contributed by atoms with Gasteiger partial charge in [-0.2, -0.15) is 0 Å². The van der Waals surface area contributed by atoms with Crippen molar-refractivity contribution >= 4 is 34.1 Å². The Labute approximate surface area is 152 Å². The average Bonchev–Trinajstić information content (AvgIpc) is 2.63. The Hall–Kier alpha value is -3.21. The summed E-state index contributed by atoms with van der Waals surface area (Å²) in [5.41, 5.74) is 3.27. The van der Waals surface area contributed by atoms with Crippen molar-refractivity contribution in [2.45, 2.75) is 20.3 Å². The molecule has 0 atom stereocenters. The van der Waals surface area contributed by atoms with Gasteiger partial charge in [0.2, 0.25) is 11.8 Å². The van der Waals surface area contributed by atoms with Crippen LogP contribution in [0.4, 0.5) is 11.4 Å². The lowest BCUT2D eigenvalue weighted by molar-refractivity contribution is -0.117. The molecule has 2 amide bonds. The molecule has 0 aliphatic carbocycles. The number of aromatic nitrogens is 1. The van der Waals surface area contributed by atoms with Crippen LogP contribution in [0.15, 0.2) is 60.8 Å². The van der Waals surface area contributed by atoms with Gasteiger partial charge in [-0.05, 0) is 30.7 Å². The molecule has 26 heavy (non-hydrogen) atoms. The number of fused-ring (bicyclic) bond motifs is 1. The van der Waals surface area contributed by atoms with E-state index in [1.165, 1.54) is 6.92 Å². The summed E-state index contributed by atoms with van der Waals surface area (Å²) in [6, 6.07) is 17.1. The second kappa shape index (κ2) is 7.78. The summed E-state index contributed by atoms with van der Waals surface area (Å²) in [6.45, 7) is 3.79. The Balaban J connectivity index is 1.71. The number of hydrogen-bond donors (Lipinski definition) is 1. The van der Waals surface area contributed by atoms with Crippen molar-refractivity contribution < 1.29 is 9.59 Å². The number of rotatable bonds is 5. The van der Waals surface area contributed by atoms with E-state index in [0.717, 1.165) is 22.2 Å². The molecular formula is C21H21N3O2. The molecule has 0 aliphatic rings. The van der Waals surface area contributed by atoms with Gasteiger partial charge >= 0.3 is 0 Å². The number of nitrogens with zero attached hydrogens (tertiary/aromatic N) is 2. The van der Waals surface area contributed by atoms with E-state index < -0.39 is 0 Å². The van der Waals surface area contributed by atoms with Gasteiger partial charge in [0.15, 0.2) is 0 Å². The molecule has 2 aromatic carbocycles. The van der Waals surface area contributed by atoms with E-state index in [2.05, 4.69) is 10.3 Å². The summed E-state index contributed by atoms with van der Waals surface area (Å²) >= 11 is 0. The first-order valence-electron chi connectivity index (χ1n) is 8.53. The fourth-order valence-corrected chi connectivity index (χ4v) is 2.94. The topological polar surface area (TPSA) is 62.3 Å². The van der Waals surface area contributed by atoms with Gasteiger partial charge in [-0.1, -0.05) is 36.4 Å². The third-order valence-electron chi connectivity index (χ3n) is 4.26. The maximum absolute atomic E-state index is 12.4. The number of carbonyl (C=O) groups excluding carboxylic acids is 2. The standard InChI is InChI=1S/C21H21N3O2/c1-15-7-3-4-11-19(15)24(16(2)25)14-12-20(26)23-18-10-5-8-17-9-6-13-22-21(17)18/h3-11,13H,12,14H2,1-2H3,(H,23,26). The summed E-state index contributed by atoms with van der Waals surface area (Å²) in [5, 5.41) is 3.87. The zero-order chi connectivity index (χ0) is 18.5. The molecule has 0 saturated heterocycles. The van der Waals surface area contributed by atoms with Crippen LogP contribution in [0, 0.1) is 6.92 Å². The van der Waals surface area contributed by atoms with Crippen molar-refractivity contribution in [1.29, 1.82) is 0 Å². The van der Waals surface area contributed by atoms with Crippen LogP contribution in [0.5, 0.6) is 0 Å². The molecule has 0 spiro atoms. The number of para-hydroxylation sites is 2. The normalized spacial score (nSPS) is 10.5. The van der Waals surface area contributed by atoms with Gasteiger partial charge in [0, 0.05) is 37.2 Å². The van der Waals surface area contributed by atoms with Gasteiger partial charge in [-0.15, -0.1) is 0 Å². The Morgan fingerprint density at radius 2 is 1.81 bits per heavy atom. The van der Waals surface area contributed by atoms with Gasteiger partial charge in [-0.3, -0.25) is 14.6 Å². The van der Waals surface area contributed by atoms with Crippen molar-refractivity contribution in [2.75, 3.05) is 16.8 Å². The maximum atomic E-state index is 12.4. The minimum absolute atomic E-state index is 0.0843. The lowest BCUT2D eigenvalue weighted by atomic mass is 10.1. The van der Waals surface area contributed by atoms with E-state index in [4.69, 9.17) is 0 Å². The van der Waals surface area contributed by atoms with Crippen LogP contribution < -0.4 is 10.2 Å². The lowest BCUT2D eigenvalue weighted by Crippen LogP contribution is -2.32. The smallest absolute Gasteiger partial charge is 0.226 e. The number of hydrogen-bond acceptors (Lipinski definition) is 3. The molecule has 1 heterocycles. The molecule has 0 unspecified atom stereocenters. The monoisotopic (exact) mass is 347 g/mol. The molecule has 5 heteroatoms. The Kier molecular flexibility index (Phi) is 5.27. The van der Waals surface area contributed by atoms with Crippen LogP contribution in [0.2, 0.25) is 0 Å². The van der Waals surface area contributed by atoms with Crippen LogP contribution in [-0.4, -0.2) is 23.3 Å². The van der Waals surface area contributed by atoms with Gasteiger partial charge in [0.1, 0.15) is 0 Å². The number of benzene rings is 2. The SMILES string of the molecule is CC(=O)N(CCC(=O)Nc1cccc2cccnc12)c1ccccc1C. The molecule has 0 radical (unpaired) electrons. The second-order valence-electron chi connectivity index (χ2n) is 6.14. The third kappa shape index (κ3) is 3.88. The molecule has 132 valence electrons. The Morgan fingerprint density at radius 3 is 2.58 bits per heavy atom. The zero-order valence-corrected chi connectivity index (χ0v) is 14.9. The second-order valence-corrected chi connectivity index (χ2v) is 6.14. The van der Waals surface area contributed by atoms with Crippen molar-refractivity contribution in [2.24, 2.45) is 0 Å². The summed E-state index contributed by atoms with van der Waals surface area (Å²) in [4.78, 5) is 30.4. The number of nitrogens with one attached hydrogen (secondary N) is 1. The lowest BCUT2D eigenvalue weighted by Gasteiger charge is -2.22. The maximum Gasteiger partial charge on any atom is 0.226 e. The van der Waals surface area contributed by atoms with E-state index in [1.54, 1.807) is 11.1 Å². The van der Waals surface area contributed by atoms with Gasteiger partial charge in [0.05, 0.1) is 11.2 Å². The minimum Gasteiger partial charge on any atom is -0.324 e. The van der Waals surface area contributed by atoms with Gasteiger partial charge in [-0.25, -0.2) is 0 Å². The first kappa shape index (κ1) is 17.6. The molecule has 1 aromatic heterocycles. The van der Waals surface area contributed by atoms with Crippen LogP contribution >= 0.6 is 0 Å². The number of carbonyl (C=O) groups is 2. The van der Waals surface area contributed by atoms with Crippen LogP contribution in [-0.2, 0) is 9.59 Å². The summed E-state index contributed by atoms with van der Waals surface area (Å²) in [5.74, 6) is -0.234. The number of aryl methyl sites for hydroxylation is 1. The largest absolute Gasteiger partial charge is 0.324 e. The van der Waals surface area contributed by atoms with Crippen LogP contribution in [0.1, 0.15) is 18.9 Å². The van der Waals surface area contributed by atoms with E-state index in [9.17, 15) is 9.59 Å². The first-order valence-corrected chi connectivity index (χ1v) is 8.53. The quantitative estimate of drug-likeness (QED) is 0.761. The zero-order valence-electron chi connectivity index (χ0n) is 14.9. The fourth-order valence-electron chi connectivity index (χ4n) is 2.94. The highest BCUT2D eigenvalue weighted by molar-refractivity contribution is 6.01. The molecule has 0 aliphatic heterocycles. The van der Waals surface area contributed by atoms with Gasteiger partial charge < -0.3 is 10.2 Å². The predicted molar refractivity (Wildman–Crippen MR) is 104 cm³/mol. The van der Waals surface area contributed by atoms with E-state index in [-0.39, 0.29) is 18.2 Å². The summed E-state index contributed by atoms with van der Waals surface area (Å²) in [6.07, 6.45) is 1.91. The van der Waals surface area contributed by atoms with E-state index >= 15 is 0 Å². The highest BCUT2D eigenvalue weighted by Gasteiger charge is 2.15. The Bertz CT molecular complexity index is 947. The van der Waals surface area contributed by atoms with Crippen LogP contribution in [0.25, 0.3) is 10.9 Å². The van der Waals surface area contributed by atoms with Crippen molar-refractivity contribution in [3.8, 4) is 0 Å². The van der Waals surface area contributed by atoms with E-state index in [1.807, 2.05) is 61.5 Å². The molecule has 5 nitrogen and oxygen atoms in total. The molecule has 3 aromatic rings.